The van der Waals surface area contributed by atoms with Crippen molar-refractivity contribution in [3.63, 3.8) is 0 Å². The molecule has 0 spiro atoms. The van der Waals surface area contributed by atoms with Crippen molar-refractivity contribution < 1.29 is 14.6 Å². The lowest BCUT2D eigenvalue weighted by molar-refractivity contribution is -0.135. The second-order valence-corrected chi connectivity index (χ2v) is 5.51. The Kier molecular flexibility index (Phi) is 3.79. The van der Waals surface area contributed by atoms with Crippen molar-refractivity contribution in [3.8, 4) is 22.9 Å². The van der Waals surface area contributed by atoms with Crippen molar-refractivity contribution >= 4 is 27.5 Å². The molecule has 2 aromatic carbocycles. The topological polar surface area (TPSA) is 83.2 Å². The molecule has 23 heavy (non-hydrogen) atoms. The Labute approximate surface area is 135 Å². The number of hydrogen-bond acceptors (Lipinski definition) is 5. The van der Waals surface area contributed by atoms with Crippen molar-refractivity contribution in [1.82, 2.24) is 4.98 Å². The number of hydrogen-bond donors (Lipinski definition) is 1. The minimum atomic E-state index is -1.22. The first-order valence-electron chi connectivity index (χ1n) is 6.57. The highest BCUT2D eigenvalue weighted by atomic mass is 32.1. The van der Waals surface area contributed by atoms with Crippen LogP contribution in [0.1, 0.15) is 5.56 Å². The lowest BCUT2D eigenvalue weighted by Crippen LogP contribution is -2.06. The third-order valence-corrected chi connectivity index (χ3v) is 4.10. The summed E-state index contributed by atoms with van der Waals surface area (Å²) in [4.78, 5) is 15.2. The van der Waals surface area contributed by atoms with Crippen LogP contribution < -0.4 is 4.74 Å². The summed E-state index contributed by atoms with van der Waals surface area (Å²) in [5.74, 6) is -1.19. The zero-order valence-electron chi connectivity index (χ0n) is 11.8. The first-order chi connectivity index (χ1) is 11.1. The predicted octanol–water partition coefficient (Wildman–Crippen LogP) is 3.81. The van der Waals surface area contributed by atoms with E-state index in [2.05, 4.69) is 17.6 Å². The van der Waals surface area contributed by atoms with Gasteiger partial charge in [0.15, 0.2) is 0 Å². The number of thiazole rings is 1. The molecule has 0 bridgehead atoms. The van der Waals surface area contributed by atoms with Crippen LogP contribution in [0.3, 0.4) is 0 Å². The van der Waals surface area contributed by atoms with Gasteiger partial charge in [0.25, 0.3) is 0 Å². The fraction of sp³-hybridized carbons (Fsp3) is 0. The molecular weight excluding hydrogens is 312 g/mol. The molecule has 0 amide bonds. The van der Waals surface area contributed by atoms with Gasteiger partial charge in [-0.1, -0.05) is 12.1 Å². The van der Waals surface area contributed by atoms with Gasteiger partial charge in [-0.3, -0.25) is 0 Å². The smallest absolute Gasteiger partial charge is 0.371 e. The molecule has 3 rings (SSSR count). The van der Waals surface area contributed by atoms with Gasteiger partial charge in [-0.2, -0.15) is 5.26 Å². The molecule has 0 radical (unpaired) electrons. The molecule has 1 heterocycles. The lowest BCUT2D eigenvalue weighted by atomic mass is 10.0. The Morgan fingerprint density at radius 1 is 1.26 bits per heavy atom. The van der Waals surface area contributed by atoms with E-state index in [9.17, 15) is 4.79 Å². The van der Waals surface area contributed by atoms with Crippen LogP contribution in [-0.4, -0.2) is 16.1 Å². The van der Waals surface area contributed by atoms with E-state index in [0.717, 1.165) is 21.3 Å². The largest absolute Gasteiger partial charge is 0.475 e. The van der Waals surface area contributed by atoms with Gasteiger partial charge >= 0.3 is 5.97 Å². The molecule has 0 saturated carbocycles. The highest BCUT2D eigenvalue weighted by molar-refractivity contribution is 7.17. The number of nitriles is 1. The highest BCUT2D eigenvalue weighted by Gasteiger charge is 2.16. The first-order valence-corrected chi connectivity index (χ1v) is 7.45. The van der Waals surface area contributed by atoms with Crippen molar-refractivity contribution in [2.45, 2.75) is 0 Å². The van der Waals surface area contributed by atoms with Gasteiger partial charge < -0.3 is 9.84 Å². The molecule has 0 fully saturated rings. The predicted molar refractivity (Wildman–Crippen MR) is 87.2 cm³/mol. The van der Waals surface area contributed by atoms with Crippen LogP contribution in [-0.2, 0) is 4.79 Å². The Balaban J connectivity index is 2.18. The van der Waals surface area contributed by atoms with Crippen LogP contribution >= 0.6 is 11.3 Å². The monoisotopic (exact) mass is 322 g/mol. The number of fused-ring (bicyclic) bond motifs is 1. The molecule has 0 aliphatic rings. The Hall–Kier alpha value is -3.17. The van der Waals surface area contributed by atoms with E-state index < -0.39 is 5.97 Å². The normalized spacial score (nSPS) is 10.2. The van der Waals surface area contributed by atoms with E-state index in [1.165, 1.54) is 11.3 Å². The van der Waals surface area contributed by atoms with Crippen LogP contribution in [0.25, 0.3) is 21.3 Å². The average molecular weight is 322 g/mol. The van der Waals surface area contributed by atoms with Crippen LogP contribution in [0.5, 0.6) is 5.75 Å². The van der Waals surface area contributed by atoms with Crippen LogP contribution in [0, 0.1) is 11.3 Å². The molecule has 0 unspecified atom stereocenters. The molecule has 6 heteroatoms. The van der Waals surface area contributed by atoms with Gasteiger partial charge in [-0.15, -0.1) is 11.3 Å². The van der Waals surface area contributed by atoms with Crippen molar-refractivity contribution in [1.29, 1.82) is 5.26 Å². The van der Waals surface area contributed by atoms with Crippen LogP contribution in [0.15, 0.2) is 54.2 Å². The summed E-state index contributed by atoms with van der Waals surface area (Å²) in [6.07, 6.45) is 0. The van der Waals surface area contributed by atoms with E-state index in [-0.39, 0.29) is 5.76 Å². The summed E-state index contributed by atoms with van der Waals surface area (Å²) >= 11 is 1.44. The quantitative estimate of drug-likeness (QED) is 0.583. The fourth-order valence-corrected chi connectivity index (χ4v) is 3.01. The van der Waals surface area contributed by atoms with Gasteiger partial charge in [0.2, 0.25) is 5.76 Å². The van der Waals surface area contributed by atoms with Crippen molar-refractivity contribution in [2.75, 3.05) is 0 Å². The van der Waals surface area contributed by atoms with Gasteiger partial charge in [-0.25, -0.2) is 9.78 Å². The number of nitrogens with zero attached hydrogens (tertiary/aromatic N) is 2. The Morgan fingerprint density at radius 3 is 2.65 bits per heavy atom. The fourth-order valence-electron chi connectivity index (χ4n) is 2.16. The van der Waals surface area contributed by atoms with E-state index in [4.69, 9.17) is 15.1 Å². The second kappa shape index (κ2) is 5.91. The van der Waals surface area contributed by atoms with Crippen LogP contribution in [0.4, 0.5) is 0 Å². The Bertz CT molecular complexity index is 952. The first kappa shape index (κ1) is 14.8. The lowest BCUT2D eigenvalue weighted by Gasteiger charge is -2.12. The van der Waals surface area contributed by atoms with E-state index in [0.29, 0.717) is 11.3 Å². The number of rotatable bonds is 4. The molecule has 112 valence electrons. The maximum absolute atomic E-state index is 11.0. The highest BCUT2D eigenvalue weighted by Crippen LogP contribution is 2.39. The average Bonchev–Trinajstić information content (AvgIpc) is 3.03. The number of carboxylic acid groups (broad SMARTS) is 1. The summed E-state index contributed by atoms with van der Waals surface area (Å²) in [5.41, 5.74) is 4.60. The summed E-state index contributed by atoms with van der Waals surface area (Å²) in [6, 6.07) is 12.5. The zero-order chi connectivity index (χ0) is 16.4. The molecule has 5 nitrogen and oxygen atoms in total. The summed E-state index contributed by atoms with van der Waals surface area (Å²) in [5, 5.41) is 17.9. The standard InChI is InChI=1S/C17H10N2O3S/c1-10(17(20)21)22-14-7-6-13-16(23-9-19-13)15(14)12-4-2-11(8-18)3-5-12/h2-7,9H,1H2,(H,20,21). The Morgan fingerprint density at radius 2 is 2.00 bits per heavy atom. The van der Waals surface area contributed by atoms with Crippen LogP contribution in [0.2, 0.25) is 0 Å². The minimum Gasteiger partial charge on any atom is -0.475 e. The molecule has 1 aromatic heterocycles. The summed E-state index contributed by atoms with van der Waals surface area (Å²) in [6.45, 7) is 3.40. The van der Waals surface area contributed by atoms with E-state index in [1.807, 2.05) is 0 Å². The van der Waals surface area contributed by atoms with Crippen molar-refractivity contribution in [3.05, 3.63) is 59.8 Å². The van der Waals surface area contributed by atoms with Gasteiger partial charge in [0.1, 0.15) is 5.75 Å². The van der Waals surface area contributed by atoms with E-state index in [1.54, 1.807) is 41.9 Å². The second-order valence-electron chi connectivity index (χ2n) is 4.66. The summed E-state index contributed by atoms with van der Waals surface area (Å²) < 4.78 is 6.30. The van der Waals surface area contributed by atoms with Gasteiger partial charge in [-0.05, 0) is 36.4 Å². The zero-order valence-corrected chi connectivity index (χ0v) is 12.6. The number of carboxylic acids is 1. The SMILES string of the molecule is C=C(Oc1ccc2ncsc2c1-c1ccc(C#N)cc1)C(=O)O. The summed E-state index contributed by atoms with van der Waals surface area (Å²) in [7, 11) is 0. The van der Waals surface area contributed by atoms with Gasteiger partial charge in [0, 0.05) is 5.56 Å². The maximum Gasteiger partial charge on any atom is 0.371 e. The van der Waals surface area contributed by atoms with Crippen molar-refractivity contribution in [2.24, 2.45) is 0 Å². The number of ether oxygens (including phenoxy) is 1. The molecule has 1 N–H and O–H groups in total. The van der Waals surface area contributed by atoms with E-state index >= 15 is 0 Å². The molecule has 0 aliphatic carbocycles. The molecule has 0 atom stereocenters. The molecular formula is C17H10N2O3S. The number of aliphatic carboxylic acids is 1. The number of carbonyl (C=O) groups is 1. The molecule has 0 aliphatic heterocycles. The van der Waals surface area contributed by atoms with Gasteiger partial charge in [0.05, 0.1) is 27.4 Å². The third kappa shape index (κ3) is 2.78. The third-order valence-electron chi connectivity index (χ3n) is 3.24. The molecule has 3 aromatic rings. The maximum atomic E-state index is 11.0. The number of aromatic nitrogens is 1. The molecule has 0 saturated heterocycles. The number of benzene rings is 2. The minimum absolute atomic E-state index is 0.358.